The number of amides is 1. The van der Waals surface area contributed by atoms with Gasteiger partial charge in [0.2, 0.25) is 0 Å². The minimum atomic E-state index is -0.307. The van der Waals surface area contributed by atoms with Gasteiger partial charge >= 0.3 is 0 Å². The number of nitrogens with zero attached hydrogens (tertiary/aromatic N) is 3. The van der Waals surface area contributed by atoms with E-state index in [0.29, 0.717) is 6.54 Å². The summed E-state index contributed by atoms with van der Waals surface area (Å²) in [4.78, 5) is 16.6. The molecule has 1 saturated heterocycles. The first-order valence-corrected chi connectivity index (χ1v) is 8.48. The summed E-state index contributed by atoms with van der Waals surface area (Å²) >= 11 is 0. The third-order valence-corrected chi connectivity index (χ3v) is 4.00. The molecule has 0 atom stereocenters. The molecule has 1 aliphatic rings. The molecule has 7 heteroatoms. The van der Waals surface area contributed by atoms with Crippen LogP contribution in [0.2, 0.25) is 0 Å². The van der Waals surface area contributed by atoms with Gasteiger partial charge in [-0.2, -0.15) is 5.26 Å². The van der Waals surface area contributed by atoms with Crippen LogP contribution in [-0.2, 0) is 4.79 Å². The lowest BCUT2D eigenvalue weighted by Crippen LogP contribution is -2.46. The summed E-state index contributed by atoms with van der Waals surface area (Å²) in [6.07, 6.45) is 1.52. The molecule has 0 spiro atoms. The van der Waals surface area contributed by atoms with Gasteiger partial charge in [-0.05, 0) is 13.1 Å². The molecule has 0 aromatic carbocycles. The standard InChI is InChI=1S/C16H30N6O/c1-3-21(4-2)9-7-19-14-15(13-17)16(23)20-8-12-22-10-5-18-6-11-22/h14,18-19H,3-12H2,1-2H3,(H,20,23)/b15-14-. The van der Waals surface area contributed by atoms with E-state index in [9.17, 15) is 4.79 Å². The summed E-state index contributed by atoms with van der Waals surface area (Å²) in [5, 5.41) is 18.3. The monoisotopic (exact) mass is 322 g/mol. The average molecular weight is 322 g/mol. The highest BCUT2D eigenvalue weighted by Gasteiger charge is 2.11. The van der Waals surface area contributed by atoms with Gasteiger partial charge in [0.1, 0.15) is 11.6 Å². The highest BCUT2D eigenvalue weighted by Crippen LogP contribution is 1.93. The van der Waals surface area contributed by atoms with Crippen molar-refractivity contribution < 1.29 is 4.79 Å². The van der Waals surface area contributed by atoms with Crippen molar-refractivity contribution in [3.05, 3.63) is 11.8 Å². The molecule has 0 saturated carbocycles. The van der Waals surface area contributed by atoms with Crippen molar-refractivity contribution in [2.45, 2.75) is 13.8 Å². The Morgan fingerprint density at radius 3 is 2.61 bits per heavy atom. The molecule has 1 heterocycles. The zero-order chi connectivity index (χ0) is 16.9. The summed E-state index contributed by atoms with van der Waals surface area (Å²) in [6.45, 7) is 13.2. The van der Waals surface area contributed by atoms with Crippen LogP contribution < -0.4 is 16.0 Å². The molecule has 0 aromatic heterocycles. The molecular weight excluding hydrogens is 292 g/mol. The fourth-order valence-corrected chi connectivity index (χ4v) is 2.44. The molecule has 1 aliphatic heterocycles. The summed E-state index contributed by atoms with van der Waals surface area (Å²) in [5.74, 6) is -0.307. The molecule has 1 fully saturated rings. The zero-order valence-electron chi connectivity index (χ0n) is 14.4. The smallest absolute Gasteiger partial charge is 0.263 e. The van der Waals surface area contributed by atoms with Gasteiger partial charge in [-0.25, -0.2) is 0 Å². The van der Waals surface area contributed by atoms with Crippen LogP contribution in [0, 0.1) is 11.3 Å². The first-order valence-electron chi connectivity index (χ1n) is 8.48. The number of rotatable bonds is 10. The van der Waals surface area contributed by atoms with E-state index >= 15 is 0 Å². The Bertz CT molecular complexity index is 407. The van der Waals surface area contributed by atoms with Gasteiger partial charge in [0, 0.05) is 58.6 Å². The Hall–Kier alpha value is -1.62. The number of hydrogen-bond acceptors (Lipinski definition) is 6. The number of carbonyl (C=O) groups excluding carboxylic acids is 1. The van der Waals surface area contributed by atoms with Gasteiger partial charge in [0.25, 0.3) is 5.91 Å². The normalized spacial score (nSPS) is 16.2. The lowest BCUT2D eigenvalue weighted by Gasteiger charge is -2.27. The van der Waals surface area contributed by atoms with Crippen LogP contribution in [0.3, 0.4) is 0 Å². The maximum Gasteiger partial charge on any atom is 0.263 e. The van der Waals surface area contributed by atoms with Crippen molar-refractivity contribution in [2.75, 3.05) is 65.4 Å². The Kier molecular flexibility index (Phi) is 10.0. The maximum absolute atomic E-state index is 12.0. The summed E-state index contributed by atoms with van der Waals surface area (Å²) in [5.41, 5.74) is 0.129. The molecule has 0 aliphatic carbocycles. The molecule has 130 valence electrons. The highest BCUT2D eigenvalue weighted by atomic mass is 16.1. The number of nitriles is 1. The molecule has 3 N–H and O–H groups in total. The van der Waals surface area contributed by atoms with Gasteiger partial charge in [-0.1, -0.05) is 13.8 Å². The molecule has 0 radical (unpaired) electrons. The molecule has 1 amide bonds. The molecule has 0 unspecified atom stereocenters. The Balaban J connectivity index is 2.25. The minimum Gasteiger partial charge on any atom is -0.388 e. The van der Waals surface area contributed by atoms with E-state index < -0.39 is 0 Å². The van der Waals surface area contributed by atoms with Crippen molar-refractivity contribution in [1.82, 2.24) is 25.8 Å². The fraction of sp³-hybridized carbons (Fsp3) is 0.750. The second-order valence-corrected chi connectivity index (χ2v) is 5.50. The van der Waals surface area contributed by atoms with Crippen LogP contribution in [0.1, 0.15) is 13.8 Å². The summed E-state index contributed by atoms with van der Waals surface area (Å²) in [6, 6.07) is 1.96. The quantitative estimate of drug-likeness (QED) is 0.282. The maximum atomic E-state index is 12.0. The summed E-state index contributed by atoms with van der Waals surface area (Å²) in [7, 11) is 0. The van der Waals surface area contributed by atoms with Crippen LogP contribution in [0.25, 0.3) is 0 Å². The van der Waals surface area contributed by atoms with Crippen molar-refractivity contribution in [3.8, 4) is 6.07 Å². The zero-order valence-corrected chi connectivity index (χ0v) is 14.4. The molecule has 0 aromatic rings. The van der Waals surface area contributed by atoms with E-state index in [-0.39, 0.29) is 11.5 Å². The lowest BCUT2D eigenvalue weighted by molar-refractivity contribution is -0.117. The lowest BCUT2D eigenvalue weighted by atomic mass is 10.3. The van der Waals surface area contributed by atoms with Crippen molar-refractivity contribution in [2.24, 2.45) is 0 Å². The fourth-order valence-electron chi connectivity index (χ4n) is 2.44. The van der Waals surface area contributed by atoms with Crippen molar-refractivity contribution >= 4 is 5.91 Å². The van der Waals surface area contributed by atoms with Gasteiger partial charge in [0.05, 0.1) is 0 Å². The van der Waals surface area contributed by atoms with E-state index in [1.165, 1.54) is 6.20 Å². The number of piperazine rings is 1. The van der Waals surface area contributed by atoms with Crippen molar-refractivity contribution in [1.29, 1.82) is 5.26 Å². The average Bonchev–Trinajstić information content (AvgIpc) is 2.59. The van der Waals surface area contributed by atoms with E-state index in [1.54, 1.807) is 0 Å². The first-order chi connectivity index (χ1) is 11.2. The van der Waals surface area contributed by atoms with Gasteiger partial charge in [0.15, 0.2) is 0 Å². The predicted molar refractivity (Wildman–Crippen MR) is 91.8 cm³/mol. The topological polar surface area (TPSA) is 83.4 Å². The van der Waals surface area contributed by atoms with Crippen LogP contribution in [0.5, 0.6) is 0 Å². The second kappa shape index (κ2) is 11.9. The molecule has 23 heavy (non-hydrogen) atoms. The summed E-state index contributed by atoms with van der Waals surface area (Å²) < 4.78 is 0. The van der Waals surface area contributed by atoms with Crippen LogP contribution in [0.15, 0.2) is 11.8 Å². The Morgan fingerprint density at radius 1 is 1.30 bits per heavy atom. The van der Waals surface area contributed by atoms with E-state index in [0.717, 1.165) is 58.9 Å². The van der Waals surface area contributed by atoms with Gasteiger partial charge in [-0.15, -0.1) is 0 Å². The first kappa shape index (κ1) is 19.4. The Labute approximate surface area is 139 Å². The molecule has 1 rings (SSSR count). The second-order valence-electron chi connectivity index (χ2n) is 5.50. The van der Waals surface area contributed by atoms with Crippen LogP contribution in [0.4, 0.5) is 0 Å². The largest absolute Gasteiger partial charge is 0.388 e. The van der Waals surface area contributed by atoms with Gasteiger partial charge < -0.3 is 20.9 Å². The number of carbonyl (C=O) groups is 1. The molecule has 7 nitrogen and oxygen atoms in total. The molecular formula is C16H30N6O. The third-order valence-electron chi connectivity index (χ3n) is 4.00. The number of hydrogen-bond donors (Lipinski definition) is 3. The van der Waals surface area contributed by atoms with Gasteiger partial charge in [-0.3, -0.25) is 9.69 Å². The third kappa shape index (κ3) is 7.98. The molecule has 0 bridgehead atoms. The highest BCUT2D eigenvalue weighted by molar-refractivity contribution is 5.97. The Morgan fingerprint density at radius 2 is 2.00 bits per heavy atom. The van der Waals surface area contributed by atoms with E-state index in [4.69, 9.17) is 5.26 Å². The van der Waals surface area contributed by atoms with Crippen LogP contribution >= 0.6 is 0 Å². The van der Waals surface area contributed by atoms with Crippen LogP contribution in [-0.4, -0.2) is 81.2 Å². The van der Waals surface area contributed by atoms with E-state index in [1.807, 2.05) is 6.07 Å². The number of nitrogens with one attached hydrogen (secondary N) is 3. The van der Waals surface area contributed by atoms with Crippen molar-refractivity contribution in [3.63, 3.8) is 0 Å². The minimum absolute atomic E-state index is 0.129. The SMILES string of the molecule is CCN(CC)CCN/C=C(/C#N)C(=O)NCCN1CCNCC1. The number of likely N-dealkylation sites (N-methyl/N-ethyl adjacent to an activating group) is 1. The predicted octanol–water partition coefficient (Wildman–Crippen LogP) is -0.653. The van der Waals surface area contributed by atoms with E-state index in [2.05, 4.69) is 39.6 Å².